The average Bonchev–Trinajstić information content (AvgIpc) is 2.58. The number of hydrogen-bond acceptors (Lipinski definition) is 3. The van der Waals surface area contributed by atoms with Crippen LogP contribution in [0.3, 0.4) is 0 Å². The number of nitrogens with zero attached hydrogens (tertiary/aromatic N) is 1. The van der Waals surface area contributed by atoms with Gasteiger partial charge in [0.2, 0.25) is 0 Å². The minimum atomic E-state index is -4.25. The molecule has 0 radical (unpaired) electrons. The van der Waals surface area contributed by atoms with Gasteiger partial charge in [-0.1, -0.05) is 0 Å². The first kappa shape index (κ1) is 11.4. The maximum atomic E-state index is 12.5. The van der Waals surface area contributed by atoms with Gasteiger partial charge in [0.1, 0.15) is 4.88 Å². The van der Waals surface area contributed by atoms with Crippen molar-refractivity contribution in [2.75, 3.05) is 0 Å². The number of carboxylic acids is 1. The van der Waals surface area contributed by atoms with Crippen LogP contribution in [0, 0.1) is 5.92 Å². The van der Waals surface area contributed by atoms with Crippen LogP contribution in [-0.2, 0) is 12.8 Å². The smallest absolute Gasteiger partial charge is 0.392 e. The van der Waals surface area contributed by atoms with Crippen molar-refractivity contribution in [2.45, 2.75) is 25.4 Å². The molecule has 0 aromatic carbocycles. The number of aryl methyl sites for hydroxylation is 1. The van der Waals surface area contributed by atoms with Crippen molar-refractivity contribution < 1.29 is 23.1 Å². The van der Waals surface area contributed by atoms with Crippen LogP contribution in [0.5, 0.6) is 0 Å². The quantitative estimate of drug-likeness (QED) is 0.834. The first-order valence-corrected chi connectivity index (χ1v) is 5.44. The topological polar surface area (TPSA) is 50.2 Å². The van der Waals surface area contributed by atoms with E-state index in [1.54, 1.807) is 0 Å². The molecule has 1 atom stereocenters. The van der Waals surface area contributed by atoms with Crippen LogP contribution in [0.1, 0.15) is 27.3 Å². The molecule has 1 unspecified atom stereocenters. The van der Waals surface area contributed by atoms with E-state index in [1.807, 2.05) is 0 Å². The molecule has 1 heterocycles. The Morgan fingerprint density at radius 3 is 2.75 bits per heavy atom. The first-order chi connectivity index (χ1) is 7.39. The van der Waals surface area contributed by atoms with E-state index in [0.717, 1.165) is 11.5 Å². The van der Waals surface area contributed by atoms with E-state index in [9.17, 15) is 18.0 Å². The number of aromatic carboxylic acids is 1. The number of carboxylic acid groups (broad SMARTS) is 1. The summed E-state index contributed by atoms with van der Waals surface area (Å²) in [5, 5.41) is 8.81. The van der Waals surface area contributed by atoms with Gasteiger partial charge in [0.05, 0.1) is 11.6 Å². The van der Waals surface area contributed by atoms with Gasteiger partial charge in [-0.05, 0) is 30.8 Å². The lowest BCUT2D eigenvalue weighted by Gasteiger charge is -2.24. The van der Waals surface area contributed by atoms with Crippen molar-refractivity contribution in [3.63, 3.8) is 0 Å². The summed E-state index contributed by atoms with van der Waals surface area (Å²) >= 11 is 0.769. The Morgan fingerprint density at radius 1 is 1.50 bits per heavy atom. The molecule has 1 aromatic rings. The van der Waals surface area contributed by atoms with Crippen LogP contribution in [0.2, 0.25) is 0 Å². The van der Waals surface area contributed by atoms with Gasteiger partial charge in [-0.3, -0.25) is 0 Å². The zero-order valence-electron chi connectivity index (χ0n) is 8.04. The molecule has 1 N–H and O–H groups in total. The van der Waals surface area contributed by atoms with Crippen LogP contribution in [0.15, 0.2) is 0 Å². The molecule has 7 heteroatoms. The predicted octanol–water partition coefficient (Wildman–Crippen LogP) is 2.51. The molecule has 0 spiro atoms. The molecule has 1 aliphatic rings. The highest BCUT2D eigenvalue weighted by Gasteiger charge is 2.42. The summed E-state index contributed by atoms with van der Waals surface area (Å²) in [6.07, 6.45) is -4.30. The summed E-state index contributed by atoms with van der Waals surface area (Å²) in [6, 6.07) is 0. The molecule has 0 saturated carbocycles. The largest absolute Gasteiger partial charge is 0.477 e. The third-order valence-corrected chi connectivity index (χ3v) is 3.62. The van der Waals surface area contributed by atoms with Gasteiger partial charge in [0.15, 0.2) is 0 Å². The molecule has 1 aliphatic carbocycles. The van der Waals surface area contributed by atoms with E-state index in [-0.39, 0.29) is 29.7 Å². The van der Waals surface area contributed by atoms with E-state index >= 15 is 0 Å². The van der Waals surface area contributed by atoms with E-state index in [2.05, 4.69) is 4.37 Å². The SMILES string of the molecule is O=C(O)c1snc2c1CC(C(F)(F)F)CC2. The average molecular weight is 251 g/mol. The molecule has 3 nitrogen and oxygen atoms in total. The summed E-state index contributed by atoms with van der Waals surface area (Å²) < 4.78 is 41.4. The van der Waals surface area contributed by atoms with Gasteiger partial charge in [-0.2, -0.15) is 17.5 Å². The Balaban J connectivity index is 2.31. The van der Waals surface area contributed by atoms with Crippen molar-refractivity contribution in [2.24, 2.45) is 5.92 Å². The second-order valence-corrected chi connectivity index (χ2v) is 4.50. The molecule has 0 amide bonds. The second kappa shape index (κ2) is 3.73. The number of rotatable bonds is 1. The van der Waals surface area contributed by atoms with Crippen LogP contribution in [0.4, 0.5) is 13.2 Å². The monoisotopic (exact) mass is 251 g/mol. The maximum absolute atomic E-state index is 12.5. The molecule has 0 saturated heterocycles. The fourth-order valence-electron chi connectivity index (χ4n) is 1.86. The van der Waals surface area contributed by atoms with Crippen molar-refractivity contribution >= 4 is 17.5 Å². The van der Waals surface area contributed by atoms with Crippen molar-refractivity contribution in [1.29, 1.82) is 0 Å². The van der Waals surface area contributed by atoms with Crippen molar-refractivity contribution in [3.8, 4) is 0 Å². The molecule has 2 rings (SSSR count). The molecule has 0 bridgehead atoms. The number of aromatic nitrogens is 1. The minimum absolute atomic E-state index is 0.000702. The first-order valence-electron chi connectivity index (χ1n) is 4.67. The van der Waals surface area contributed by atoms with Gasteiger partial charge >= 0.3 is 12.1 Å². The standard InChI is InChI=1S/C9H8F3NO2S/c10-9(11,12)4-1-2-6-5(3-4)7(8(14)15)16-13-6/h4H,1-3H2,(H,14,15). The number of alkyl halides is 3. The predicted molar refractivity (Wildman–Crippen MR) is 50.6 cm³/mol. The Bertz CT molecular complexity index is 427. The lowest BCUT2D eigenvalue weighted by molar-refractivity contribution is -0.177. The zero-order chi connectivity index (χ0) is 11.9. The lowest BCUT2D eigenvalue weighted by Crippen LogP contribution is -2.29. The van der Waals surface area contributed by atoms with Gasteiger partial charge < -0.3 is 5.11 Å². The second-order valence-electron chi connectivity index (χ2n) is 3.72. The van der Waals surface area contributed by atoms with Gasteiger partial charge in [0, 0.05) is 5.56 Å². The Kier molecular flexibility index (Phi) is 2.65. The summed E-state index contributed by atoms with van der Waals surface area (Å²) in [7, 11) is 0. The van der Waals surface area contributed by atoms with Crippen LogP contribution in [0.25, 0.3) is 0 Å². The summed E-state index contributed by atoms with van der Waals surface area (Å²) in [5.74, 6) is -2.63. The molecule has 0 fully saturated rings. The van der Waals surface area contributed by atoms with Crippen LogP contribution >= 0.6 is 11.5 Å². The summed E-state index contributed by atoms with van der Waals surface area (Å²) in [6.45, 7) is 0. The molecular weight excluding hydrogens is 243 g/mol. The zero-order valence-corrected chi connectivity index (χ0v) is 8.86. The van der Waals surface area contributed by atoms with Gasteiger partial charge in [-0.25, -0.2) is 4.79 Å². The molecular formula is C9H8F3NO2S. The van der Waals surface area contributed by atoms with E-state index < -0.39 is 18.1 Å². The van der Waals surface area contributed by atoms with E-state index in [0.29, 0.717) is 5.69 Å². The fourth-order valence-corrected chi connectivity index (χ4v) is 2.65. The van der Waals surface area contributed by atoms with Crippen LogP contribution in [-0.4, -0.2) is 21.6 Å². The number of fused-ring (bicyclic) bond motifs is 1. The van der Waals surface area contributed by atoms with Crippen LogP contribution < -0.4 is 0 Å². The molecule has 16 heavy (non-hydrogen) atoms. The van der Waals surface area contributed by atoms with E-state index in [4.69, 9.17) is 5.11 Å². The summed E-state index contributed by atoms with van der Waals surface area (Å²) in [5.41, 5.74) is 0.786. The van der Waals surface area contributed by atoms with Crippen molar-refractivity contribution in [1.82, 2.24) is 4.37 Å². The number of hydrogen-bond donors (Lipinski definition) is 1. The third kappa shape index (κ3) is 1.91. The normalized spacial score (nSPS) is 20.6. The Labute approximate surface area is 93.1 Å². The summed E-state index contributed by atoms with van der Waals surface area (Å²) in [4.78, 5) is 10.7. The Hall–Kier alpha value is -1.11. The Morgan fingerprint density at radius 2 is 2.19 bits per heavy atom. The van der Waals surface area contributed by atoms with Gasteiger partial charge in [0.25, 0.3) is 0 Å². The van der Waals surface area contributed by atoms with Crippen molar-refractivity contribution in [3.05, 3.63) is 16.1 Å². The maximum Gasteiger partial charge on any atom is 0.392 e. The number of carbonyl (C=O) groups is 1. The molecule has 88 valence electrons. The highest BCUT2D eigenvalue weighted by Crippen LogP contribution is 2.38. The third-order valence-electron chi connectivity index (χ3n) is 2.71. The highest BCUT2D eigenvalue weighted by atomic mass is 32.1. The molecule has 0 aliphatic heterocycles. The fraction of sp³-hybridized carbons (Fsp3) is 0.556. The lowest BCUT2D eigenvalue weighted by atomic mass is 9.86. The molecule has 1 aromatic heterocycles. The minimum Gasteiger partial charge on any atom is -0.477 e. The van der Waals surface area contributed by atoms with E-state index in [1.165, 1.54) is 0 Å². The number of halogens is 3. The van der Waals surface area contributed by atoms with Gasteiger partial charge in [-0.15, -0.1) is 0 Å². The highest BCUT2D eigenvalue weighted by molar-refractivity contribution is 7.08.